The molecule has 14 heavy (non-hydrogen) atoms. The fourth-order valence-corrected chi connectivity index (χ4v) is 3.21. The smallest absolute Gasteiger partial charge is 0.00987 e. The lowest BCUT2D eigenvalue weighted by molar-refractivity contribution is 0.131. The molecule has 2 saturated carbocycles. The maximum atomic E-state index is 6.36. The van der Waals surface area contributed by atoms with E-state index in [1.807, 2.05) is 0 Å². The molecule has 2 unspecified atom stereocenters. The lowest BCUT2D eigenvalue weighted by Gasteiger charge is -2.41. The molecule has 0 radical (unpaired) electrons. The third-order valence-electron chi connectivity index (χ3n) is 4.46. The third kappa shape index (κ3) is 1.96. The minimum atomic E-state index is 0.456. The van der Waals surface area contributed by atoms with Crippen LogP contribution in [-0.4, -0.2) is 12.6 Å². The van der Waals surface area contributed by atoms with Gasteiger partial charge in [0.25, 0.3) is 0 Å². The first-order valence-electron chi connectivity index (χ1n) is 6.28. The lowest BCUT2D eigenvalue weighted by Crippen LogP contribution is -2.46. The van der Waals surface area contributed by atoms with Crippen molar-refractivity contribution in [1.29, 1.82) is 0 Å². The number of rotatable bonds is 3. The van der Waals surface area contributed by atoms with Gasteiger partial charge in [0.1, 0.15) is 0 Å². The Morgan fingerprint density at radius 1 is 1.00 bits per heavy atom. The van der Waals surface area contributed by atoms with E-state index in [1.54, 1.807) is 0 Å². The average molecular weight is 196 g/mol. The molecule has 4 N–H and O–H groups in total. The molecule has 0 aromatic rings. The van der Waals surface area contributed by atoms with Crippen molar-refractivity contribution in [3.05, 3.63) is 0 Å². The Labute approximate surface area is 87.4 Å². The second-order valence-electron chi connectivity index (χ2n) is 5.21. The van der Waals surface area contributed by atoms with Crippen LogP contribution in [0.15, 0.2) is 0 Å². The summed E-state index contributed by atoms with van der Waals surface area (Å²) in [5.41, 5.74) is 12.2. The Balaban J connectivity index is 1.91. The summed E-state index contributed by atoms with van der Waals surface area (Å²) in [5.74, 6) is 2.28. The van der Waals surface area contributed by atoms with Gasteiger partial charge in [-0.25, -0.2) is 0 Å². The topological polar surface area (TPSA) is 52.0 Å². The fraction of sp³-hybridized carbons (Fsp3) is 1.00. The van der Waals surface area contributed by atoms with Crippen LogP contribution in [-0.2, 0) is 0 Å². The molecule has 2 nitrogen and oxygen atoms in total. The molecule has 82 valence electrons. The zero-order valence-corrected chi connectivity index (χ0v) is 9.12. The van der Waals surface area contributed by atoms with E-state index >= 15 is 0 Å². The lowest BCUT2D eigenvalue weighted by atomic mass is 9.67. The Morgan fingerprint density at radius 3 is 2.29 bits per heavy atom. The summed E-state index contributed by atoms with van der Waals surface area (Å²) < 4.78 is 0. The molecule has 0 spiro atoms. The summed E-state index contributed by atoms with van der Waals surface area (Å²) in [6.45, 7) is 0.852. The maximum Gasteiger partial charge on any atom is 0.00987 e. The van der Waals surface area contributed by atoms with Crippen molar-refractivity contribution in [2.45, 2.75) is 51.0 Å². The molecule has 0 amide bonds. The fourth-order valence-electron chi connectivity index (χ4n) is 3.21. The van der Waals surface area contributed by atoms with Gasteiger partial charge in [0, 0.05) is 6.04 Å². The quantitative estimate of drug-likeness (QED) is 0.724. The molecule has 2 fully saturated rings. The highest BCUT2D eigenvalue weighted by Crippen LogP contribution is 2.39. The van der Waals surface area contributed by atoms with Gasteiger partial charge in [0.05, 0.1) is 0 Å². The molecule has 0 aliphatic heterocycles. The minimum absolute atomic E-state index is 0.456. The normalized spacial score (nSPS) is 36.4. The first-order valence-corrected chi connectivity index (χ1v) is 6.28. The summed E-state index contributed by atoms with van der Waals surface area (Å²) in [5, 5.41) is 0. The monoisotopic (exact) mass is 196 g/mol. The van der Waals surface area contributed by atoms with Gasteiger partial charge in [-0.3, -0.25) is 0 Å². The molecule has 0 heterocycles. The van der Waals surface area contributed by atoms with Gasteiger partial charge in [-0.05, 0) is 50.0 Å². The summed E-state index contributed by atoms with van der Waals surface area (Å²) in [6.07, 6.45) is 9.54. The van der Waals surface area contributed by atoms with Crippen LogP contribution >= 0.6 is 0 Å². The van der Waals surface area contributed by atoms with Crippen LogP contribution in [0.2, 0.25) is 0 Å². The first-order chi connectivity index (χ1) is 6.83. The average Bonchev–Trinajstić information content (AvgIpc) is 2.15. The van der Waals surface area contributed by atoms with Crippen LogP contribution in [0, 0.1) is 17.8 Å². The van der Waals surface area contributed by atoms with Gasteiger partial charge in [-0.1, -0.05) is 19.3 Å². The summed E-state index contributed by atoms with van der Waals surface area (Å²) in [4.78, 5) is 0. The van der Waals surface area contributed by atoms with E-state index in [1.165, 1.54) is 44.9 Å². The summed E-state index contributed by atoms with van der Waals surface area (Å²) >= 11 is 0. The Kier molecular flexibility index (Phi) is 3.45. The van der Waals surface area contributed by atoms with Gasteiger partial charge >= 0.3 is 0 Å². The summed E-state index contributed by atoms with van der Waals surface area (Å²) in [7, 11) is 0. The Bertz CT molecular complexity index is 177. The van der Waals surface area contributed by atoms with E-state index in [9.17, 15) is 0 Å². The van der Waals surface area contributed by atoms with Crippen molar-refractivity contribution < 1.29 is 0 Å². The molecule has 2 heteroatoms. The number of nitrogens with two attached hydrogens (primary N) is 2. The zero-order valence-electron chi connectivity index (χ0n) is 9.12. The maximum absolute atomic E-state index is 6.36. The number of hydrogen-bond acceptors (Lipinski definition) is 2. The molecule has 3 atom stereocenters. The molecule has 0 aromatic heterocycles. The molecule has 2 rings (SSSR count). The van der Waals surface area contributed by atoms with Gasteiger partial charge in [-0.15, -0.1) is 0 Å². The second-order valence-corrected chi connectivity index (χ2v) is 5.21. The van der Waals surface area contributed by atoms with Crippen molar-refractivity contribution >= 4 is 0 Å². The van der Waals surface area contributed by atoms with Crippen LogP contribution in [0.4, 0.5) is 0 Å². The van der Waals surface area contributed by atoms with Gasteiger partial charge < -0.3 is 11.5 Å². The molecule has 0 saturated heterocycles. The Hall–Kier alpha value is -0.0800. The molecular formula is C12H24N2. The highest BCUT2D eigenvalue weighted by atomic mass is 14.7. The van der Waals surface area contributed by atoms with Crippen molar-refractivity contribution in [2.75, 3.05) is 6.54 Å². The largest absolute Gasteiger partial charge is 0.330 e. The molecule has 0 bridgehead atoms. The second kappa shape index (κ2) is 4.63. The van der Waals surface area contributed by atoms with Gasteiger partial charge in [0.2, 0.25) is 0 Å². The van der Waals surface area contributed by atoms with E-state index < -0.39 is 0 Å². The van der Waals surface area contributed by atoms with Crippen molar-refractivity contribution in [3.8, 4) is 0 Å². The Morgan fingerprint density at radius 2 is 1.71 bits per heavy atom. The molecular weight excluding hydrogens is 172 g/mol. The standard InChI is InChI=1S/C12H24N2/c13-8-10-4-1-2-7-11(10)12(14)9-5-3-6-9/h9-12H,1-8,13-14H2/t10-,11?,12?/m1/s1. The van der Waals surface area contributed by atoms with E-state index in [2.05, 4.69) is 0 Å². The molecule has 2 aliphatic carbocycles. The predicted octanol–water partition coefficient (Wildman–Crippen LogP) is 1.88. The molecule has 0 aromatic carbocycles. The van der Waals surface area contributed by atoms with Crippen LogP contribution in [0.3, 0.4) is 0 Å². The van der Waals surface area contributed by atoms with Crippen LogP contribution in [0.5, 0.6) is 0 Å². The SMILES string of the molecule is NC[C@H]1CCCCC1C(N)C1CCC1. The third-order valence-corrected chi connectivity index (χ3v) is 4.46. The van der Waals surface area contributed by atoms with E-state index in [0.717, 1.165) is 24.3 Å². The predicted molar refractivity (Wildman–Crippen MR) is 59.8 cm³/mol. The highest BCUT2D eigenvalue weighted by molar-refractivity contribution is 4.90. The van der Waals surface area contributed by atoms with Gasteiger partial charge in [-0.2, -0.15) is 0 Å². The minimum Gasteiger partial charge on any atom is -0.330 e. The van der Waals surface area contributed by atoms with E-state index in [0.29, 0.717) is 6.04 Å². The van der Waals surface area contributed by atoms with Crippen LogP contribution in [0.1, 0.15) is 44.9 Å². The zero-order chi connectivity index (χ0) is 9.97. The van der Waals surface area contributed by atoms with Crippen molar-refractivity contribution in [2.24, 2.45) is 29.2 Å². The first kappa shape index (κ1) is 10.4. The van der Waals surface area contributed by atoms with E-state index in [-0.39, 0.29) is 0 Å². The molecule has 2 aliphatic rings. The van der Waals surface area contributed by atoms with Gasteiger partial charge in [0.15, 0.2) is 0 Å². The van der Waals surface area contributed by atoms with Crippen molar-refractivity contribution in [3.63, 3.8) is 0 Å². The van der Waals surface area contributed by atoms with Crippen LogP contribution < -0.4 is 11.5 Å². The summed E-state index contributed by atoms with van der Waals surface area (Å²) in [6, 6.07) is 0.456. The highest BCUT2D eigenvalue weighted by Gasteiger charge is 2.35. The van der Waals surface area contributed by atoms with Crippen LogP contribution in [0.25, 0.3) is 0 Å². The number of hydrogen-bond donors (Lipinski definition) is 2. The van der Waals surface area contributed by atoms with Crippen molar-refractivity contribution in [1.82, 2.24) is 0 Å². The van der Waals surface area contributed by atoms with E-state index in [4.69, 9.17) is 11.5 Å².